The van der Waals surface area contributed by atoms with Crippen molar-refractivity contribution >= 4 is 17.8 Å². The number of fused-ring (bicyclic) bond motifs is 1. The smallest absolute Gasteiger partial charge is 0.331 e. The summed E-state index contributed by atoms with van der Waals surface area (Å²) < 4.78 is 18.5. The lowest BCUT2D eigenvalue weighted by Crippen LogP contribution is -2.53. The number of benzene rings is 2. The standard InChI is InChI=1S/C21H19FN2O4/c1-24-18(25)15-16(19(24)26)21(20(27)28-2,13-6-4-3-5-7-13)23-17(15)12-8-10-14(22)11-9-12/h3-11,15-17,23H,1-2H3/t15-,16+,17+,21-/m1/s1. The van der Waals surface area contributed by atoms with E-state index < -0.39 is 41.1 Å². The SMILES string of the molecule is COC(=O)[C@]1(c2ccccc2)N[C@@H](c2ccc(F)cc2)[C@@H]2C(=O)N(C)C(=O)[C@H]21. The normalized spacial score (nSPS) is 29.1. The maximum absolute atomic E-state index is 13.4. The van der Waals surface area contributed by atoms with Crippen LogP contribution in [0.3, 0.4) is 0 Å². The Hall–Kier alpha value is -3.06. The number of imide groups is 1. The number of amides is 2. The molecule has 1 N–H and O–H groups in total. The summed E-state index contributed by atoms with van der Waals surface area (Å²) in [6.45, 7) is 0. The lowest BCUT2D eigenvalue weighted by molar-refractivity contribution is -0.154. The van der Waals surface area contributed by atoms with E-state index in [-0.39, 0.29) is 5.91 Å². The van der Waals surface area contributed by atoms with Crippen LogP contribution in [-0.4, -0.2) is 36.8 Å². The quantitative estimate of drug-likeness (QED) is 0.647. The van der Waals surface area contributed by atoms with Crippen molar-refractivity contribution in [3.63, 3.8) is 0 Å². The van der Waals surface area contributed by atoms with E-state index in [2.05, 4.69) is 5.32 Å². The van der Waals surface area contributed by atoms with Crippen LogP contribution in [-0.2, 0) is 24.7 Å². The monoisotopic (exact) mass is 382 g/mol. The van der Waals surface area contributed by atoms with Crippen LogP contribution in [0.5, 0.6) is 0 Å². The molecule has 2 aliphatic rings. The second-order valence-corrected chi connectivity index (χ2v) is 7.08. The fourth-order valence-corrected chi connectivity index (χ4v) is 4.44. The van der Waals surface area contributed by atoms with Gasteiger partial charge < -0.3 is 4.74 Å². The van der Waals surface area contributed by atoms with Crippen molar-refractivity contribution in [1.29, 1.82) is 0 Å². The second kappa shape index (κ2) is 6.53. The van der Waals surface area contributed by atoms with Crippen molar-refractivity contribution in [3.8, 4) is 0 Å². The summed E-state index contributed by atoms with van der Waals surface area (Å²) in [6.07, 6.45) is 0. The van der Waals surface area contributed by atoms with Crippen LogP contribution in [0.1, 0.15) is 17.2 Å². The van der Waals surface area contributed by atoms with Crippen LogP contribution in [0.4, 0.5) is 4.39 Å². The minimum Gasteiger partial charge on any atom is -0.467 e. The van der Waals surface area contributed by atoms with E-state index in [0.29, 0.717) is 11.1 Å². The predicted octanol–water partition coefficient (Wildman–Crippen LogP) is 1.77. The molecule has 2 aliphatic heterocycles. The summed E-state index contributed by atoms with van der Waals surface area (Å²) in [5.74, 6) is -3.64. The molecule has 6 nitrogen and oxygen atoms in total. The predicted molar refractivity (Wildman–Crippen MR) is 97.2 cm³/mol. The zero-order valence-electron chi connectivity index (χ0n) is 15.4. The first-order valence-corrected chi connectivity index (χ1v) is 8.90. The third kappa shape index (κ3) is 2.39. The molecular formula is C21H19FN2O4. The maximum atomic E-state index is 13.4. The highest BCUT2D eigenvalue weighted by Gasteiger charge is 2.68. The fourth-order valence-electron chi connectivity index (χ4n) is 4.44. The van der Waals surface area contributed by atoms with Gasteiger partial charge in [0.1, 0.15) is 5.82 Å². The highest BCUT2D eigenvalue weighted by Crippen LogP contribution is 2.53. The first-order chi connectivity index (χ1) is 13.4. The van der Waals surface area contributed by atoms with Gasteiger partial charge in [-0.3, -0.25) is 19.8 Å². The molecule has 0 unspecified atom stereocenters. The van der Waals surface area contributed by atoms with Gasteiger partial charge in [0, 0.05) is 13.1 Å². The molecule has 4 rings (SSSR count). The van der Waals surface area contributed by atoms with Gasteiger partial charge in [-0.25, -0.2) is 9.18 Å². The summed E-state index contributed by atoms with van der Waals surface area (Å²) >= 11 is 0. The Bertz CT molecular complexity index is 947. The van der Waals surface area contributed by atoms with E-state index in [4.69, 9.17) is 4.74 Å². The van der Waals surface area contributed by atoms with Crippen molar-refractivity contribution in [2.24, 2.45) is 11.8 Å². The first kappa shape index (κ1) is 18.3. The molecule has 0 aromatic heterocycles. The zero-order valence-corrected chi connectivity index (χ0v) is 15.4. The summed E-state index contributed by atoms with van der Waals surface area (Å²) in [6, 6.07) is 13.8. The van der Waals surface area contributed by atoms with Crippen LogP contribution < -0.4 is 5.32 Å². The molecule has 0 bridgehead atoms. The largest absolute Gasteiger partial charge is 0.467 e. The molecule has 2 amide bonds. The Balaban J connectivity index is 1.94. The summed E-state index contributed by atoms with van der Waals surface area (Å²) in [5, 5.41) is 3.23. The van der Waals surface area contributed by atoms with Gasteiger partial charge in [-0.05, 0) is 23.3 Å². The van der Waals surface area contributed by atoms with E-state index >= 15 is 0 Å². The lowest BCUT2D eigenvalue weighted by atomic mass is 9.75. The molecule has 7 heteroatoms. The molecule has 2 saturated heterocycles. The number of halogens is 1. The molecule has 28 heavy (non-hydrogen) atoms. The molecule has 0 spiro atoms. The summed E-state index contributed by atoms with van der Waals surface area (Å²) in [7, 11) is 2.66. The highest BCUT2D eigenvalue weighted by molar-refractivity contribution is 6.09. The van der Waals surface area contributed by atoms with Crippen LogP contribution in [0.2, 0.25) is 0 Å². The van der Waals surface area contributed by atoms with Gasteiger partial charge in [-0.1, -0.05) is 42.5 Å². The van der Waals surface area contributed by atoms with Gasteiger partial charge in [0.05, 0.1) is 18.9 Å². The average molecular weight is 382 g/mol. The molecule has 0 aliphatic carbocycles. The topological polar surface area (TPSA) is 75.7 Å². The van der Waals surface area contributed by atoms with Crippen LogP contribution in [0, 0.1) is 17.7 Å². The number of nitrogens with one attached hydrogen (secondary N) is 1. The van der Waals surface area contributed by atoms with E-state index in [1.807, 2.05) is 0 Å². The van der Waals surface area contributed by atoms with Gasteiger partial charge in [-0.15, -0.1) is 0 Å². The Morgan fingerprint density at radius 3 is 2.32 bits per heavy atom. The number of carbonyl (C=O) groups is 3. The Morgan fingerprint density at radius 2 is 1.71 bits per heavy atom. The number of nitrogens with zero attached hydrogens (tertiary/aromatic N) is 1. The Morgan fingerprint density at radius 1 is 1.07 bits per heavy atom. The van der Waals surface area contributed by atoms with Crippen LogP contribution in [0.15, 0.2) is 54.6 Å². The molecule has 2 aromatic rings. The average Bonchev–Trinajstić information content (AvgIpc) is 3.19. The lowest BCUT2D eigenvalue weighted by Gasteiger charge is -2.32. The van der Waals surface area contributed by atoms with E-state index in [1.165, 1.54) is 26.3 Å². The van der Waals surface area contributed by atoms with Crippen molar-refractivity contribution in [3.05, 3.63) is 71.5 Å². The van der Waals surface area contributed by atoms with E-state index in [1.54, 1.807) is 42.5 Å². The summed E-state index contributed by atoms with van der Waals surface area (Å²) in [5.41, 5.74) is -0.357. The number of rotatable bonds is 3. The van der Waals surface area contributed by atoms with Crippen molar-refractivity contribution in [1.82, 2.24) is 10.2 Å². The molecule has 2 heterocycles. The highest BCUT2D eigenvalue weighted by atomic mass is 19.1. The number of carbonyl (C=O) groups excluding carboxylic acids is 3. The second-order valence-electron chi connectivity index (χ2n) is 7.08. The molecule has 144 valence electrons. The maximum Gasteiger partial charge on any atom is 0.331 e. The number of hydrogen-bond donors (Lipinski definition) is 1. The molecule has 0 saturated carbocycles. The van der Waals surface area contributed by atoms with Gasteiger partial charge >= 0.3 is 5.97 Å². The van der Waals surface area contributed by atoms with E-state index in [9.17, 15) is 18.8 Å². The minimum atomic E-state index is -1.52. The number of esters is 1. The van der Waals surface area contributed by atoms with Gasteiger partial charge in [0.2, 0.25) is 11.8 Å². The Labute approximate surface area is 161 Å². The van der Waals surface area contributed by atoms with Crippen molar-refractivity contribution < 1.29 is 23.5 Å². The van der Waals surface area contributed by atoms with Gasteiger partial charge in [0.15, 0.2) is 5.54 Å². The molecular weight excluding hydrogens is 363 g/mol. The zero-order chi connectivity index (χ0) is 20.1. The Kier molecular flexibility index (Phi) is 4.27. The summed E-state index contributed by atoms with van der Waals surface area (Å²) in [4.78, 5) is 40.1. The van der Waals surface area contributed by atoms with Crippen molar-refractivity contribution in [2.75, 3.05) is 14.2 Å². The molecule has 2 aromatic carbocycles. The van der Waals surface area contributed by atoms with Gasteiger partial charge in [-0.2, -0.15) is 0 Å². The van der Waals surface area contributed by atoms with Crippen molar-refractivity contribution in [2.45, 2.75) is 11.6 Å². The van der Waals surface area contributed by atoms with Crippen LogP contribution >= 0.6 is 0 Å². The van der Waals surface area contributed by atoms with Gasteiger partial charge in [0.25, 0.3) is 0 Å². The number of ether oxygens (including phenoxy) is 1. The van der Waals surface area contributed by atoms with E-state index in [0.717, 1.165) is 4.90 Å². The molecule has 0 radical (unpaired) electrons. The third-order valence-corrected chi connectivity index (χ3v) is 5.75. The fraction of sp³-hybridized carbons (Fsp3) is 0.286. The number of hydrogen-bond acceptors (Lipinski definition) is 5. The first-order valence-electron chi connectivity index (χ1n) is 8.90. The molecule has 4 atom stereocenters. The number of likely N-dealkylation sites (tertiary alicyclic amines) is 1. The minimum absolute atomic E-state index is 0.376. The third-order valence-electron chi connectivity index (χ3n) is 5.75. The number of methoxy groups -OCH3 is 1. The molecule has 2 fully saturated rings. The van der Waals surface area contributed by atoms with Crippen LogP contribution in [0.25, 0.3) is 0 Å².